The zero-order valence-electron chi connectivity index (χ0n) is 16.4. The van der Waals surface area contributed by atoms with Gasteiger partial charge in [-0.25, -0.2) is 0 Å². The highest BCUT2D eigenvalue weighted by molar-refractivity contribution is 7.99. The van der Waals surface area contributed by atoms with Gasteiger partial charge >= 0.3 is 0 Å². The normalized spacial score (nSPS) is 13.1. The maximum Gasteiger partial charge on any atom is 0.233 e. The highest BCUT2D eigenvalue weighted by atomic mass is 32.2. The SMILES string of the molecule is CC(=O)Nc1cccc(C(C)NC(=O)C(SCc2ccccc2)C(C)C)c1. The maximum atomic E-state index is 12.9. The molecule has 2 amide bonds. The van der Waals surface area contributed by atoms with Gasteiger partial charge in [0.05, 0.1) is 11.3 Å². The molecule has 4 nitrogen and oxygen atoms in total. The van der Waals surface area contributed by atoms with Gasteiger partial charge in [-0.15, -0.1) is 11.8 Å². The summed E-state index contributed by atoms with van der Waals surface area (Å²) in [5, 5.41) is 5.78. The van der Waals surface area contributed by atoms with Crippen LogP contribution in [-0.4, -0.2) is 17.1 Å². The zero-order chi connectivity index (χ0) is 19.8. The van der Waals surface area contributed by atoms with Crippen molar-refractivity contribution in [2.24, 2.45) is 5.92 Å². The standard InChI is InChI=1S/C22H28N2O2S/c1-15(2)21(27-14-18-9-6-5-7-10-18)22(26)23-16(3)19-11-8-12-20(13-19)24-17(4)25/h5-13,15-16,21H,14H2,1-4H3,(H,23,26)(H,24,25). The Kier molecular flexibility index (Phi) is 7.92. The van der Waals surface area contributed by atoms with Gasteiger partial charge in [0.15, 0.2) is 0 Å². The topological polar surface area (TPSA) is 58.2 Å². The fourth-order valence-corrected chi connectivity index (χ4v) is 3.97. The third kappa shape index (κ3) is 6.75. The number of benzene rings is 2. The molecule has 2 atom stereocenters. The average molecular weight is 385 g/mol. The molecule has 2 N–H and O–H groups in total. The van der Waals surface area contributed by atoms with E-state index in [0.29, 0.717) is 0 Å². The van der Waals surface area contributed by atoms with Crippen molar-refractivity contribution in [3.8, 4) is 0 Å². The molecule has 0 aromatic heterocycles. The quantitative estimate of drug-likeness (QED) is 0.688. The number of nitrogens with one attached hydrogen (secondary N) is 2. The molecule has 0 saturated carbocycles. The summed E-state index contributed by atoms with van der Waals surface area (Å²) in [5.41, 5.74) is 2.92. The van der Waals surface area contributed by atoms with Gasteiger partial charge in [-0.05, 0) is 36.1 Å². The van der Waals surface area contributed by atoms with E-state index in [-0.39, 0.29) is 29.0 Å². The Morgan fingerprint density at radius 1 is 1.00 bits per heavy atom. The lowest BCUT2D eigenvalue weighted by molar-refractivity contribution is -0.122. The fourth-order valence-electron chi connectivity index (χ4n) is 2.80. The Labute approximate surface area is 166 Å². The molecular formula is C22H28N2O2S. The molecule has 144 valence electrons. The summed E-state index contributed by atoms with van der Waals surface area (Å²) in [6.07, 6.45) is 0. The van der Waals surface area contributed by atoms with Crippen molar-refractivity contribution < 1.29 is 9.59 Å². The Morgan fingerprint density at radius 2 is 1.70 bits per heavy atom. The van der Waals surface area contributed by atoms with Crippen molar-refractivity contribution in [1.29, 1.82) is 0 Å². The molecule has 0 aliphatic carbocycles. The van der Waals surface area contributed by atoms with Crippen molar-refractivity contribution in [3.63, 3.8) is 0 Å². The van der Waals surface area contributed by atoms with Crippen LogP contribution < -0.4 is 10.6 Å². The number of amides is 2. The minimum atomic E-state index is -0.134. The van der Waals surface area contributed by atoms with Crippen LogP contribution in [0.5, 0.6) is 0 Å². The Bertz CT molecular complexity index is 762. The minimum Gasteiger partial charge on any atom is -0.349 e. The lowest BCUT2D eigenvalue weighted by atomic mass is 10.1. The lowest BCUT2D eigenvalue weighted by Gasteiger charge is -2.23. The monoisotopic (exact) mass is 384 g/mol. The summed E-state index contributed by atoms with van der Waals surface area (Å²) in [7, 11) is 0. The van der Waals surface area contributed by atoms with Crippen LogP contribution in [0.2, 0.25) is 0 Å². The van der Waals surface area contributed by atoms with E-state index in [0.717, 1.165) is 17.0 Å². The first-order chi connectivity index (χ1) is 12.9. The van der Waals surface area contributed by atoms with Crippen LogP contribution in [-0.2, 0) is 15.3 Å². The molecular weight excluding hydrogens is 356 g/mol. The Morgan fingerprint density at radius 3 is 2.33 bits per heavy atom. The number of carbonyl (C=O) groups is 2. The van der Waals surface area contributed by atoms with E-state index in [1.165, 1.54) is 12.5 Å². The second-order valence-electron chi connectivity index (χ2n) is 7.00. The van der Waals surface area contributed by atoms with E-state index in [1.807, 2.05) is 49.4 Å². The van der Waals surface area contributed by atoms with Gasteiger partial charge in [0.1, 0.15) is 0 Å². The predicted octanol–water partition coefficient (Wildman–Crippen LogP) is 4.78. The maximum absolute atomic E-state index is 12.9. The fraction of sp³-hybridized carbons (Fsp3) is 0.364. The highest BCUT2D eigenvalue weighted by Gasteiger charge is 2.24. The third-order valence-corrected chi connectivity index (χ3v) is 5.82. The number of hydrogen-bond donors (Lipinski definition) is 2. The molecule has 0 spiro atoms. The predicted molar refractivity (Wildman–Crippen MR) is 114 cm³/mol. The van der Waals surface area contributed by atoms with E-state index >= 15 is 0 Å². The average Bonchev–Trinajstić information content (AvgIpc) is 2.62. The second-order valence-corrected chi connectivity index (χ2v) is 8.13. The van der Waals surface area contributed by atoms with Crippen molar-refractivity contribution >= 4 is 29.3 Å². The van der Waals surface area contributed by atoms with Gasteiger partial charge in [-0.2, -0.15) is 0 Å². The summed E-state index contributed by atoms with van der Waals surface area (Å²) >= 11 is 1.67. The molecule has 2 aromatic rings. The molecule has 2 rings (SSSR count). The Balaban J connectivity index is 2.00. The van der Waals surface area contributed by atoms with Crippen molar-refractivity contribution in [1.82, 2.24) is 5.32 Å². The minimum absolute atomic E-state index is 0.0448. The lowest BCUT2D eigenvalue weighted by Crippen LogP contribution is -2.37. The molecule has 2 unspecified atom stereocenters. The number of thioether (sulfide) groups is 1. The molecule has 27 heavy (non-hydrogen) atoms. The van der Waals surface area contributed by atoms with E-state index < -0.39 is 0 Å². The molecule has 0 saturated heterocycles. The summed E-state index contributed by atoms with van der Waals surface area (Å²) in [4.78, 5) is 24.1. The van der Waals surface area contributed by atoms with Crippen LogP contribution in [0.25, 0.3) is 0 Å². The number of rotatable bonds is 8. The molecule has 0 heterocycles. The number of anilines is 1. The molecule has 0 aliphatic rings. The van der Waals surface area contributed by atoms with E-state index in [4.69, 9.17) is 0 Å². The largest absolute Gasteiger partial charge is 0.349 e. The van der Waals surface area contributed by atoms with Crippen molar-refractivity contribution in [2.75, 3.05) is 5.32 Å². The van der Waals surface area contributed by atoms with Gasteiger partial charge in [0.25, 0.3) is 0 Å². The molecule has 0 bridgehead atoms. The van der Waals surface area contributed by atoms with Gasteiger partial charge < -0.3 is 10.6 Å². The second kappa shape index (κ2) is 10.2. The molecule has 0 fully saturated rings. The number of hydrogen-bond acceptors (Lipinski definition) is 3. The van der Waals surface area contributed by atoms with Gasteiger partial charge in [-0.1, -0.05) is 56.3 Å². The first kappa shape index (κ1) is 21.0. The van der Waals surface area contributed by atoms with Crippen LogP contribution in [0.4, 0.5) is 5.69 Å². The summed E-state index contributed by atoms with van der Waals surface area (Å²) in [6, 6.07) is 17.6. The summed E-state index contributed by atoms with van der Waals surface area (Å²) in [6.45, 7) is 7.59. The molecule has 0 radical (unpaired) electrons. The summed E-state index contributed by atoms with van der Waals surface area (Å²) < 4.78 is 0. The molecule has 5 heteroatoms. The van der Waals surface area contributed by atoms with Gasteiger partial charge in [-0.3, -0.25) is 9.59 Å². The third-order valence-electron chi connectivity index (χ3n) is 4.20. The van der Waals surface area contributed by atoms with Crippen LogP contribution in [0, 0.1) is 5.92 Å². The first-order valence-electron chi connectivity index (χ1n) is 9.20. The number of carbonyl (C=O) groups excluding carboxylic acids is 2. The van der Waals surface area contributed by atoms with Crippen molar-refractivity contribution in [2.45, 2.75) is 44.7 Å². The zero-order valence-corrected chi connectivity index (χ0v) is 17.2. The molecule has 0 aliphatic heterocycles. The van der Waals surface area contributed by atoms with Crippen LogP contribution >= 0.6 is 11.8 Å². The van der Waals surface area contributed by atoms with E-state index in [2.05, 4.69) is 36.6 Å². The molecule has 2 aromatic carbocycles. The smallest absolute Gasteiger partial charge is 0.233 e. The first-order valence-corrected chi connectivity index (χ1v) is 10.2. The Hall–Kier alpha value is -2.27. The highest BCUT2D eigenvalue weighted by Crippen LogP contribution is 2.25. The van der Waals surface area contributed by atoms with Crippen molar-refractivity contribution in [3.05, 3.63) is 65.7 Å². The van der Waals surface area contributed by atoms with Crippen LogP contribution in [0.15, 0.2) is 54.6 Å². The van der Waals surface area contributed by atoms with Gasteiger partial charge in [0.2, 0.25) is 11.8 Å². The van der Waals surface area contributed by atoms with Crippen LogP contribution in [0.3, 0.4) is 0 Å². The summed E-state index contributed by atoms with van der Waals surface area (Å²) in [5.74, 6) is 0.977. The van der Waals surface area contributed by atoms with Gasteiger partial charge in [0, 0.05) is 18.4 Å². The van der Waals surface area contributed by atoms with E-state index in [9.17, 15) is 9.59 Å². The van der Waals surface area contributed by atoms with Crippen LogP contribution in [0.1, 0.15) is 44.9 Å². The van der Waals surface area contributed by atoms with E-state index in [1.54, 1.807) is 11.8 Å².